The molecule has 32 heavy (non-hydrogen) atoms. The molecule has 0 saturated carbocycles. The molecule has 2 heteroatoms. The monoisotopic (exact) mass is 450 g/mol. The van der Waals surface area contributed by atoms with Crippen LogP contribution in [0.25, 0.3) is 46.4 Å². The van der Waals surface area contributed by atoms with E-state index in [0.717, 1.165) is 0 Å². The van der Waals surface area contributed by atoms with E-state index in [9.17, 15) is 0 Å². The van der Waals surface area contributed by atoms with Crippen LogP contribution in [-0.2, 0) is 0 Å². The molecule has 0 bridgehead atoms. The number of hydrogen-bond acceptors (Lipinski definition) is 2. The Bertz CT molecular complexity index is 1550. The SMILES string of the molecule is C=Cc1ccc2c(c1)sc1ccccc12.CCC(C)c1ccc2c(c1)sc1ccccc12. The van der Waals surface area contributed by atoms with Gasteiger partial charge in [-0.25, -0.2) is 0 Å². The van der Waals surface area contributed by atoms with Crippen molar-refractivity contribution in [2.45, 2.75) is 26.2 Å². The van der Waals surface area contributed by atoms with E-state index in [2.05, 4.69) is 105 Å². The standard InChI is InChI=1S/C16H16S.C14H10S/c1-3-11(2)12-8-9-14-13-6-4-5-7-15(13)17-16(14)10-12;1-2-10-7-8-12-11-5-3-4-6-13(11)15-14(12)9-10/h4-11H,3H2,1-2H3;2-9H,1H2. The van der Waals surface area contributed by atoms with Crippen LogP contribution >= 0.6 is 22.7 Å². The topological polar surface area (TPSA) is 0 Å². The minimum Gasteiger partial charge on any atom is -0.135 e. The van der Waals surface area contributed by atoms with Crippen LogP contribution < -0.4 is 0 Å². The predicted octanol–water partition coefficient (Wildman–Crippen LogP) is 10.3. The normalized spacial score (nSPS) is 12.2. The molecule has 0 aliphatic heterocycles. The van der Waals surface area contributed by atoms with Crippen LogP contribution in [0.4, 0.5) is 0 Å². The zero-order chi connectivity index (χ0) is 22.1. The Morgan fingerprint density at radius 3 is 1.81 bits per heavy atom. The lowest BCUT2D eigenvalue weighted by Gasteiger charge is -2.08. The largest absolute Gasteiger partial charge is 0.135 e. The third-order valence-electron chi connectivity index (χ3n) is 6.22. The summed E-state index contributed by atoms with van der Waals surface area (Å²) in [6.07, 6.45) is 3.10. The van der Waals surface area contributed by atoms with Gasteiger partial charge in [0.1, 0.15) is 0 Å². The summed E-state index contributed by atoms with van der Waals surface area (Å²) in [5.74, 6) is 0.657. The van der Waals surface area contributed by atoms with Crippen LogP contribution in [0.3, 0.4) is 0 Å². The van der Waals surface area contributed by atoms with Crippen molar-refractivity contribution in [3.63, 3.8) is 0 Å². The van der Waals surface area contributed by atoms with Crippen molar-refractivity contribution in [3.05, 3.63) is 103 Å². The van der Waals surface area contributed by atoms with E-state index in [1.165, 1.54) is 57.9 Å². The second-order valence-corrected chi connectivity index (χ2v) is 10.4. The smallest absolute Gasteiger partial charge is 0.0361 e. The molecule has 0 spiro atoms. The maximum Gasteiger partial charge on any atom is 0.0361 e. The number of rotatable bonds is 3. The van der Waals surface area contributed by atoms with Crippen molar-refractivity contribution in [1.82, 2.24) is 0 Å². The molecule has 1 unspecified atom stereocenters. The molecule has 4 aromatic carbocycles. The summed E-state index contributed by atoms with van der Waals surface area (Å²) in [7, 11) is 0. The fourth-order valence-electron chi connectivity index (χ4n) is 4.15. The van der Waals surface area contributed by atoms with Crippen molar-refractivity contribution in [2.24, 2.45) is 0 Å². The summed E-state index contributed by atoms with van der Waals surface area (Å²) in [6.45, 7) is 8.35. The van der Waals surface area contributed by atoms with E-state index < -0.39 is 0 Å². The molecular formula is C30H26S2. The second kappa shape index (κ2) is 8.90. The van der Waals surface area contributed by atoms with Gasteiger partial charge in [0.25, 0.3) is 0 Å². The maximum atomic E-state index is 3.80. The number of hydrogen-bond donors (Lipinski definition) is 0. The predicted molar refractivity (Wildman–Crippen MR) is 147 cm³/mol. The number of thiophene rings is 2. The molecule has 0 nitrogen and oxygen atoms in total. The van der Waals surface area contributed by atoms with Gasteiger partial charge in [-0.05, 0) is 47.7 Å². The molecule has 6 aromatic rings. The van der Waals surface area contributed by atoms with E-state index in [-0.39, 0.29) is 0 Å². The quantitative estimate of drug-likeness (QED) is 0.251. The molecule has 0 aliphatic rings. The fourth-order valence-corrected chi connectivity index (χ4v) is 6.46. The molecule has 0 fully saturated rings. The highest BCUT2D eigenvalue weighted by Crippen LogP contribution is 2.36. The highest BCUT2D eigenvalue weighted by atomic mass is 32.1. The summed E-state index contributed by atoms with van der Waals surface area (Å²) in [5.41, 5.74) is 2.65. The Kier molecular flexibility index (Phi) is 5.82. The lowest BCUT2D eigenvalue weighted by molar-refractivity contribution is 0.735. The van der Waals surface area contributed by atoms with E-state index in [1.807, 2.05) is 28.7 Å². The molecule has 0 amide bonds. The summed E-state index contributed by atoms with van der Waals surface area (Å²) in [4.78, 5) is 0. The van der Waals surface area contributed by atoms with Gasteiger partial charge in [0.05, 0.1) is 0 Å². The first-order valence-electron chi connectivity index (χ1n) is 11.1. The first-order chi connectivity index (χ1) is 15.7. The Morgan fingerprint density at radius 1 is 0.688 bits per heavy atom. The molecule has 6 rings (SSSR count). The van der Waals surface area contributed by atoms with Crippen molar-refractivity contribution in [2.75, 3.05) is 0 Å². The lowest BCUT2D eigenvalue weighted by atomic mass is 9.98. The van der Waals surface area contributed by atoms with Crippen molar-refractivity contribution in [1.29, 1.82) is 0 Å². The van der Waals surface area contributed by atoms with Gasteiger partial charge >= 0.3 is 0 Å². The highest BCUT2D eigenvalue weighted by Gasteiger charge is 2.08. The maximum absolute atomic E-state index is 3.80. The molecular weight excluding hydrogens is 424 g/mol. The molecule has 0 N–H and O–H groups in total. The van der Waals surface area contributed by atoms with Crippen molar-refractivity contribution >= 4 is 69.1 Å². The van der Waals surface area contributed by atoms with Crippen LogP contribution in [0.1, 0.15) is 37.3 Å². The summed E-state index contributed by atoms with van der Waals surface area (Å²) >= 11 is 3.75. The Balaban J connectivity index is 0.000000136. The van der Waals surface area contributed by atoms with Crippen LogP contribution in [0.15, 0.2) is 91.5 Å². The molecule has 0 aliphatic carbocycles. The van der Waals surface area contributed by atoms with Crippen LogP contribution in [0.5, 0.6) is 0 Å². The van der Waals surface area contributed by atoms with Gasteiger partial charge in [-0.15, -0.1) is 22.7 Å². The molecule has 0 saturated heterocycles. The van der Waals surface area contributed by atoms with E-state index in [4.69, 9.17) is 0 Å². The highest BCUT2D eigenvalue weighted by molar-refractivity contribution is 7.26. The first-order valence-corrected chi connectivity index (χ1v) is 12.8. The van der Waals surface area contributed by atoms with Crippen LogP contribution in [0.2, 0.25) is 0 Å². The zero-order valence-electron chi connectivity index (χ0n) is 18.5. The van der Waals surface area contributed by atoms with Gasteiger partial charge < -0.3 is 0 Å². The van der Waals surface area contributed by atoms with Gasteiger partial charge in [0.15, 0.2) is 0 Å². The molecule has 2 aromatic heterocycles. The van der Waals surface area contributed by atoms with Gasteiger partial charge in [-0.1, -0.05) is 87.2 Å². The third-order valence-corrected chi connectivity index (χ3v) is 8.49. The zero-order valence-corrected chi connectivity index (χ0v) is 20.1. The van der Waals surface area contributed by atoms with Crippen LogP contribution in [-0.4, -0.2) is 0 Å². The summed E-state index contributed by atoms with van der Waals surface area (Å²) in [5, 5.41) is 5.50. The minimum absolute atomic E-state index is 0.657. The fraction of sp³-hybridized carbons (Fsp3) is 0.133. The Hall–Kier alpha value is -2.94. The third kappa shape index (κ3) is 3.85. The Labute approximate surface area is 197 Å². The van der Waals surface area contributed by atoms with Crippen molar-refractivity contribution < 1.29 is 0 Å². The minimum atomic E-state index is 0.657. The van der Waals surface area contributed by atoms with E-state index in [1.54, 1.807) is 0 Å². The van der Waals surface area contributed by atoms with Gasteiger partial charge in [0, 0.05) is 40.3 Å². The summed E-state index contributed by atoms with van der Waals surface area (Å²) < 4.78 is 5.51. The number of benzene rings is 4. The van der Waals surface area contributed by atoms with Crippen LogP contribution in [0, 0.1) is 0 Å². The lowest BCUT2D eigenvalue weighted by Crippen LogP contribution is -1.89. The summed E-state index contributed by atoms with van der Waals surface area (Å²) in [6, 6.07) is 30.7. The van der Waals surface area contributed by atoms with E-state index in [0.29, 0.717) is 5.92 Å². The molecule has 158 valence electrons. The van der Waals surface area contributed by atoms with Gasteiger partial charge in [0.2, 0.25) is 0 Å². The molecule has 2 heterocycles. The first kappa shape index (κ1) is 20.9. The average Bonchev–Trinajstić information content (AvgIpc) is 3.40. The van der Waals surface area contributed by atoms with Crippen molar-refractivity contribution in [3.8, 4) is 0 Å². The van der Waals surface area contributed by atoms with Gasteiger partial charge in [-0.2, -0.15) is 0 Å². The number of fused-ring (bicyclic) bond motifs is 6. The molecule has 1 atom stereocenters. The van der Waals surface area contributed by atoms with Gasteiger partial charge in [-0.3, -0.25) is 0 Å². The Morgan fingerprint density at radius 2 is 1.22 bits per heavy atom. The second-order valence-electron chi connectivity index (χ2n) is 8.22. The van der Waals surface area contributed by atoms with E-state index >= 15 is 0 Å². The average molecular weight is 451 g/mol. The molecule has 0 radical (unpaired) electrons.